The van der Waals surface area contributed by atoms with E-state index in [0.717, 1.165) is 25.9 Å². The molecule has 1 amide bonds. The number of piperidine rings is 1. The summed E-state index contributed by atoms with van der Waals surface area (Å²) in [6.45, 7) is 7.54. The van der Waals surface area contributed by atoms with Gasteiger partial charge in [0.1, 0.15) is 0 Å². The molecule has 5 heteroatoms. The van der Waals surface area contributed by atoms with E-state index in [4.69, 9.17) is 0 Å². The molecule has 5 nitrogen and oxygen atoms in total. The van der Waals surface area contributed by atoms with E-state index in [2.05, 4.69) is 12.0 Å². The van der Waals surface area contributed by atoms with Crippen LogP contribution in [-0.4, -0.2) is 33.7 Å². The van der Waals surface area contributed by atoms with Gasteiger partial charge in [-0.3, -0.25) is 9.59 Å². The SMILES string of the molecule is CC1CCN(C(=O)c2nn(C(C)C)c(=O)c3ccccc23)CC1. The molecule has 0 bridgehead atoms. The van der Waals surface area contributed by atoms with Crippen molar-refractivity contribution in [3.8, 4) is 0 Å². The molecule has 0 atom stereocenters. The Morgan fingerprint density at radius 2 is 1.78 bits per heavy atom. The Bertz CT molecular complexity index is 786. The van der Waals surface area contributed by atoms with Crippen LogP contribution in [-0.2, 0) is 0 Å². The van der Waals surface area contributed by atoms with Crippen LogP contribution in [0.4, 0.5) is 0 Å². The fraction of sp³-hybridized carbons (Fsp3) is 0.500. The second-order valence-corrected chi connectivity index (χ2v) is 6.71. The molecule has 1 aliphatic heterocycles. The van der Waals surface area contributed by atoms with E-state index in [1.807, 2.05) is 36.9 Å². The molecule has 1 aromatic carbocycles. The van der Waals surface area contributed by atoms with Gasteiger partial charge < -0.3 is 4.90 Å². The first-order valence-electron chi connectivity index (χ1n) is 8.30. The zero-order valence-electron chi connectivity index (χ0n) is 14.0. The number of carbonyl (C=O) groups excluding carboxylic acids is 1. The standard InChI is InChI=1S/C18H23N3O2/c1-12(2)21-17(22)15-7-5-4-6-14(15)16(19-21)18(23)20-10-8-13(3)9-11-20/h4-7,12-13H,8-11H2,1-3H3. The summed E-state index contributed by atoms with van der Waals surface area (Å²) in [5.74, 6) is 0.593. The van der Waals surface area contributed by atoms with Gasteiger partial charge in [0, 0.05) is 18.5 Å². The lowest BCUT2D eigenvalue weighted by atomic mass is 9.99. The third-order valence-corrected chi connectivity index (χ3v) is 4.59. The Hall–Kier alpha value is -2.17. The van der Waals surface area contributed by atoms with E-state index in [9.17, 15) is 9.59 Å². The Labute approximate surface area is 135 Å². The van der Waals surface area contributed by atoms with Crippen LogP contribution in [0.2, 0.25) is 0 Å². The van der Waals surface area contributed by atoms with Gasteiger partial charge in [0.25, 0.3) is 11.5 Å². The van der Waals surface area contributed by atoms with Gasteiger partial charge in [-0.2, -0.15) is 5.10 Å². The highest BCUT2D eigenvalue weighted by molar-refractivity contribution is 6.04. The topological polar surface area (TPSA) is 55.2 Å². The van der Waals surface area contributed by atoms with Crippen molar-refractivity contribution in [3.05, 3.63) is 40.3 Å². The normalized spacial score (nSPS) is 16.3. The molecule has 0 saturated carbocycles. The highest BCUT2D eigenvalue weighted by atomic mass is 16.2. The average Bonchev–Trinajstić information content (AvgIpc) is 2.55. The number of carbonyl (C=O) groups is 1. The van der Waals surface area contributed by atoms with Crippen LogP contribution in [0.5, 0.6) is 0 Å². The fourth-order valence-corrected chi connectivity index (χ4v) is 3.08. The highest BCUT2D eigenvalue weighted by Gasteiger charge is 2.25. The highest BCUT2D eigenvalue weighted by Crippen LogP contribution is 2.21. The maximum Gasteiger partial charge on any atom is 0.274 e. The summed E-state index contributed by atoms with van der Waals surface area (Å²) < 4.78 is 1.42. The molecule has 1 fully saturated rings. The predicted molar refractivity (Wildman–Crippen MR) is 90.7 cm³/mol. The van der Waals surface area contributed by atoms with Gasteiger partial charge in [-0.1, -0.05) is 25.1 Å². The number of hydrogen-bond donors (Lipinski definition) is 0. The van der Waals surface area contributed by atoms with Crippen molar-refractivity contribution in [1.29, 1.82) is 0 Å². The largest absolute Gasteiger partial charge is 0.337 e. The quantitative estimate of drug-likeness (QED) is 0.856. The van der Waals surface area contributed by atoms with E-state index >= 15 is 0 Å². The number of amides is 1. The van der Waals surface area contributed by atoms with Crippen molar-refractivity contribution in [1.82, 2.24) is 14.7 Å². The Morgan fingerprint density at radius 3 is 2.39 bits per heavy atom. The molecule has 3 rings (SSSR count). The predicted octanol–water partition coefficient (Wildman–Crippen LogP) is 2.85. The van der Waals surface area contributed by atoms with Crippen molar-refractivity contribution in [2.24, 2.45) is 5.92 Å². The van der Waals surface area contributed by atoms with Crippen LogP contribution in [0.25, 0.3) is 10.8 Å². The van der Waals surface area contributed by atoms with Gasteiger partial charge in [0.2, 0.25) is 0 Å². The van der Waals surface area contributed by atoms with E-state index in [0.29, 0.717) is 22.4 Å². The molecule has 122 valence electrons. The fourth-order valence-electron chi connectivity index (χ4n) is 3.08. The van der Waals surface area contributed by atoms with Crippen molar-refractivity contribution >= 4 is 16.7 Å². The summed E-state index contributed by atoms with van der Waals surface area (Å²) in [4.78, 5) is 27.4. The number of fused-ring (bicyclic) bond motifs is 1. The summed E-state index contributed by atoms with van der Waals surface area (Å²) in [6, 6.07) is 7.17. The van der Waals surface area contributed by atoms with Gasteiger partial charge in [-0.25, -0.2) is 4.68 Å². The van der Waals surface area contributed by atoms with Gasteiger partial charge >= 0.3 is 0 Å². The van der Waals surface area contributed by atoms with E-state index in [1.165, 1.54) is 4.68 Å². The second kappa shape index (κ2) is 6.14. The molecule has 0 radical (unpaired) electrons. The first kappa shape index (κ1) is 15.7. The first-order chi connectivity index (χ1) is 11.0. The molecule has 1 aromatic heterocycles. The molecule has 1 aliphatic rings. The van der Waals surface area contributed by atoms with Crippen LogP contribution >= 0.6 is 0 Å². The van der Waals surface area contributed by atoms with Crippen LogP contribution in [0.15, 0.2) is 29.1 Å². The van der Waals surface area contributed by atoms with Crippen molar-refractivity contribution in [2.75, 3.05) is 13.1 Å². The number of rotatable bonds is 2. The summed E-state index contributed by atoms with van der Waals surface area (Å²) >= 11 is 0. The number of hydrogen-bond acceptors (Lipinski definition) is 3. The minimum absolute atomic E-state index is 0.0671. The van der Waals surface area contributed by atoms with Crippen molar-refractivity contribution in [2.45, 2.75) is 39.7 Å². The molecular formula is C18H23N3O2. The lowest BCUT2D eigenvalue weighted by Crippen LogP contribution is -2.39. The Kier molecular flexibility index (Phi) is 4.20. The molecule has 0 N–H and O–H groups in total. The van der Waals surface area contributed by atoms with Gasteiger partial charge in [-0.15, -0.1) is 0 Å². The second-order valence-electron chi connectivity index (χ2n) is 6.71. The molecule has 0 unspecified atom stereocenters. The molecule has 1 saturated heterocycles. The average molecular weight is 313 g/mol. The van der Waals surface area contributed by atoms with Gasteiger partial charge in [0.05, 0.1) is 11.4 Å². The zero-order valence-corrected chi connectivity index (χ0v) is 14.0. The van der Waals surface area contributed by atoms with Crippen molar-refractivity contribution in [3.63, 3.8) is 0 Å². The zero-order chi connectivity index (χ0) is 16.6. The summed E-state index contributed by atoms with van der Waals surface area (Å²) in [6.07, 6.45) is 2.04. The number of benzene rings is 1. The molecule has 2 heterocycles. The van der Waals surface area contributed by atoms with Gasteiger partial charge in [0.15, 0.2) is 5.69 Å². The number of nitrogens with zero attached hydrogens (tertiary/aromatic N) is 3. The monoisotopic (exact) mass is 313 g/mol. The summed E-state index contributed by atoms with van der Waals surface area (Å²) in [5.41, 5.74) is 0.253. The summed E-state index contributed by atoms with van der Waals surface area (Å²) in [5, 5.41) is 5.62. The lowest BCUT2D eigenvalue weighted by Gasteiger charge is -2.30. The molecule has 0 spiro atoms. The maximum atomic E-state index is 13.0. The Balaban J connectivity index is 2.11. The smallest absolute Gasteiger partial charge is 0.274 e. The van der Waals surface area contributed by atoms with Gasteiger partial charge in [-0.05, 0) is 38.7 Å². The minimum Gasteiger partial charge on any atom is -0.337 e. The lowest BCUT2D eigenvalue weighted by molar-refractivity contribution is 0.0690. The van der Waals surface area contributed by atoms with E-state index < -0.39 is 0 Å². The maximum absolute atomic E-state index is 13.0. The molecule has 23 heavy (non-hydrogen) atoms. The van der Waals surface area contributed by atoms with Crippen LogP contribution in [0.1, 0.15) is 50.1 Å². The Morgan fingerprint density at radius 1 is 1.17 bits per heavy atom. The number of likely N-dealkylation sites (tertiary alicyclic amines) is 1. The van der Waals surface area contributed by atoms with Crippen LogP contribution < -0.4 is 5.56 Å². The van der Waals surface area contributed by atoms with E-state index in [1.54, 1.807) is 6.07 Å². The van der Waals surface area contributed by atoms with Crippen LogP contribution in [0, 0.1) is 5.92 Å². The first-order valence-corrected chi connectivity index (χ1v) is 8.30. The van der Waals surface area contributed by atoms with Crippen molar-refractivity contribution < 1.29 is 4.79 Å². The van der Waals surface area contributed by atoms with E-state index in [-0.39, 0.29) is 17.5 Å². The number of aromatic nitrogens is 2. The summed E-state index contributed by atoms with van der Waals surface area (Å²) in [7, 11) is 0. The third-order valence-electron chi connectivity index (χ3n) is 4.59. The third kappa shape index (κ3) is 2.87. The minimum atomic E-state index is -0.139. The molecule has 0 aliphatic carbocycles. The van der Waals surface area contributed by atoms with Crippen LogP contribution in [0.3, 0.4) is 0 Å². The molecule has 2 aromatic rings. The molecular weight excluding hydrogens is 290 g/mol.